The summed E-state index contributed by atoms with van der Waals surface area (Å²) in [6.45, 7) is 7.59. The third-order valence-electron chi connectivity index (χ3n) is 2.13. The molecule has 78 valence electrons. The Morgan fingerprint density at radius 1 is 1.29 bits per heavy atom. The van der Waals surface area contributed by atoms with E-state index >= 15 is 0 Å². The smallest absolute Gasteiger partial charge is 0.119 e. The predicted octanol–water partition coefficient (Wildman–Crippen LogP) is 2.46. The fraction of sp³-hybridized carbons (Fsp3) is 0.500. The second kappa shape index (κ2) is 5.01. The van der Waals surface area contributed by atoms with Crippen molar-refractivity contribution in [1.82, 2.24) is 0 Å². The van der Waals surface area contributed by atoms with Crippen molar-refractivity contribution >= 4 is 0 Å². The van der Waals surface area contributed by atoms with Crippen LogP contribution in [0.1, 0.15) is 30.9 Å². The Morgan fingerprint density at radius 3 is 2.57 bits per heavy atom. The van der Waals surface area contributed by atoms with E-state index in [4.69, 9.17) is 10.5 Å². The van der Waals surface area contributed by atoms with E-state index in [1.54, 1.807) is 0 Å². The van der Waals surface area contributed by atoms with Crippen LogP contribution >= 0.6 is 0 Å². The van der Waals surface area contributed by atoms with Gasteiger partial charge >= 0.3 is 0 Å². The molecule has 0 aliphatic rings. The number of hydrogen-bond donors (Lipinski definition) is 1. The Balaban J connectivity index is 2.84. The average molecular weight is 193 g/mol. The van der Waals surface area contributed by atoms with Crippen LogP contribution < -0.4 is 10.5 Å². The highest BCUT2D eigenvalue weighted by Crippen LogP contribution is 2.22. The number of rotatable bonds is 4. The van der Waals surface area contributed by atoms with Crippen molar-refractivity contribution in [1.29, 1.82) is 0 Å². The molecule has 2 nitrogen and oxygen atoms in total. The minimum Gasteiger partial charge on any atom is -0.492 e. The molecule has 2 N–H and O–H groups in total. The molecule has 2 heteroatoms. The number of benzene rings is 1. The van der Waals surface area contributed by atoms with Gasteiger partial charge in [0.15, 0.2) is 0 Å². The van der Waals surface area contributed by atoms with E-state index < -0.39 is 0 Å². The highest BCUT2D eigenvalue weighted by molar-refractivity contribution is 5.35. The van der Waals surface area contributed by atoms with Crippen molar-refractivity contribution in [3.05, 3.63) is 29.3 Å². The predicted molar refractivity (Wildman–Crippen MR) is 59.8 cm³/mol. The van der Waals surface area contributed by atoms with Gasteiger partial charge in [-0.2, -0.15) is 0 Å². The Labute approximate surface area is 86.1 Å². The second-order valence-electron chi connectivity index (χ2n) is 3.87. The van der Waals surface area contributed by atoms with Crippen molar-refractivity contribution in [2.45, 2.75) is 26.7 Å². The summed E-state index contributed by atoms with van der Waals surface area (Å²) in [7, 11) is 0. The SMILES string of the molecule is Cc1cc(OCCN)cc(C(C)C)c1. The first kappa shape index (κ1) is 11.1. The van der Waals surface area contributed by atoms with Crippen molar-refractivity contribution in [2.75, 3.05) is 13.2 Å². The van der Waals surface area contributed by atoms with Gasteiger partial charge < -0.3 is 10.5 Å². The zero-order valence-corrected chi connectivity index (χ0v) is 9.21. The molecule has 0 aliphatic carbocycles. The molecule has 0 heterocycles. The summed E-state index contributed by atoms with van der Waals surface area (Å²) in [6.07, 6.45) is 0. The topological polar surface area (TPSA) is 35.2 Å². The highest BCUT2D eigenvalue weighted by atomic mass is 16.5. The first-order valence-electron chi connectivity index (χ1n) is 5.08. The fourth-order valence-electron chi connectivity index (χ4n) is 1.37. The summed E-state index contributed by atoms with van der Waals surface area (Å²) >= 11 is 0. The summed E-state index contributed by atoms with van der Waals surface area (Å²) in [6, 6.07) is 6.33. The van der Waals surface area contributed by atoms with Gasteiger partial charge in [-0.25, -0.2) is 0 Å². The van der Waals surface area contributed by atoms with E-state index in [9.17, 15) is 0 Å². The van der Waals surface area contributed by atoms with E-state index in [2.05, 4.69) is 32.9 Å². The van der Waals surface area contributed by atoms with Crippen molar-refractivity contribution in [3.63, 3.8) is 0 Å². The quantitative estimate of drug-likeness (QED) is 0.797. The van der Waals surface area contributed by atoms with Gasteiger partial charge in [-0.1, -0.05) is 19.9 Å². The molecule has 14 heavy (non-hydrogen) atoms. The lowest BCUT2D eigenvalue weighted by atomic mass is 10.0. The van der Waals surface area contributed by atoms with E-state index in [0.717, 1.165) is 5.75 Å². The summed E-state index contributed by atoms with van der Waals surface area (Å²) in [5.41, 5.74) is 7.94. The highest BCUT2D eigenvalue weighted by Gasteiger charge is 2.02. The summed E-state index contributed by atoms with van der Waals surface area (Å²) in [4.78, 5) is 0. The number of ether oxygens (including phenoxy) is 1. The largest absolute Gasteiger partial charge is 0.492 e. The van der Waals surface area contributed by atoms with Crippen molar-refractivity contribution < 1.29 is 4.74 Å². The fourth-order valence-corrected chi connectivity index (χ4v) is 1.37. The minimum atomic E-state index is 0.537. The average Bonchev–Trinajstić information content (AvgIpc) is 2.14. The Kier molecular flexibility index (Phi) is 3.96. The van der Waals surface area contributed by atoms with Gasteiger partial charge in [0.25, 0.3) is 0 Å². The molecule has 0 saturated heterocycles. The van der Waals surface area contributed by atoms with Crippen LogP contribution in [0.15, 0.2) is 18.2 Å². The molecule has 0 spiro atoms. The molecule has 0 aromatic heterocycles. The normalized spacial score (nSPS) is 10.6. The standard InChI is InChI=1S/C12H19NO/c1-9(2)11-6-10(3)7-12(8-11)14-5-4-13/h6-9H,4-5,13H2,1-3H3. The number of hydrogen-bond acceptors (Lipinski definition) is 2. The molecule has 1 aromatic rings. The van der Waals surface area contributed by atoms with Gasteiger partial charge in [0, 0.05) is 6.54 Å². The van der Waals surface area contributed by atoms with E-state index in [-0.39, 0.29) is 0 Å². The lowest BCUT2D eigenvalue weighted by Crippen LogP contribution is -2.10. The van der Waals surface area contributed by atoms with Crippen LogP contribution in [0, 0.1) is 6.92 Å². The van der Waals surface area contributed by atoms with Crippen LogP contribution in [0.25, 0.3) is 0 Å². The second-order valence-corrected chi connectivity index (χ2v) is 3.87. The van der Waals surface area contributed by atoms with Crippen LogP contribution in [0.4, 0.5) is 0 Å². The first-order chi connectivity index (χ1) is 6.63. The molecule has 0 aliphatic heterocycles. The van der Waals surface area contributed by atoms with Crippen LogP contribution in [0.5, 0.6) is 5.75 Å². The zero-order valence-electron chi connectivity index (χ0n) is 9.21. The Hall–Kier alpha value is -1.02. The van der Waals surface area contributed by atoms with Crippen molar-refractivity contribution in [3.8, 4) is 5.75 Å². The molecular formula is C12H19NO. The van der Waals surface area contributed by atoms with Crippen molar-refractivity contribution in [2.24, 2.45) is 5.73 Å². The van der Waals surface area contributed by atoms with Crippen LogP contribution in [-0.4, -0.2) is 13.2 Å². The maximum Gasteiger partial charge on any atom is 0.119 e. The molecule has 1 rings (SSSR count). The van der Waals surface area contributed by atoms with Gasteiger partial charge in [0.1, 0.15) is 12.4 Å². The van der Waals surface area contributed by atoms with E-state index in [1.165, 1.54) is 11.1 Å². The summed E-state index contributed by atoms with van der Waals surface area (Å²) < 4.78 is 5.50. The molecule has 0 saturated carbocycles. The number of nitrogens with two attached hydrogens (primary N) is 1. The molecule has 0 radical (unpaired) electrons. The molecule has 1 aromatic carbocycles. The monoisotopic (exact) mass is 193 g/mol. The third-order valence-corrected chi connectivity index (χ3v) is 2.13. The van der Waals surface area contributed by atoms with Gasteiger partial charge in [-0.05, 0) is 36.1 Å². The minimum absolute atomic E-state index is 0.537. The Bertz CT molecular complexity index is 294. The van der Waals surface area contributed by atoms with Gasteiger partial charge in [0.05, 0.1) is 0 Å². The van der Waals surface area contributed by atoms with Gasteiger partial charge in [-0.3, -0.25) is 0 Å². The third kappa shape index (κ3) is 3.04. The summed E-state index contributed by atoms with van der Waals surface area (Å²) in [5.74, 6) is 1.47. The molecule has 0 amide bonds. The van der Waals surface area contributed by atoms with Crippen LogP contribution in [0.3, 0.4) is 0 Å². The maximum atomic E-state index is 5.50. The van der Waals surface area contributed by atoms with E-state index in [0.29, 0.717) is 19.1 Å². The molecule has 0 atom stereocenters. The molecule has 0 bridgehead atoms. The Morgan fingerprint density at radius 2 is 2.00 bits per heavy atom. The zero-order chi connectivity index (χ0) is 10.6. The number of aryl methyl sites for hydroxylation is 1. The van der Waals surface area contributed by atoms with Gasteiger partial charge in [0.2, 0.25) is 0 Å². The van der Waals surface area contributed by atoms with Crippen LogP contribution in [0.2, 0.25) is 0 Å². The van der Waals surface area contributed by atoms with Gasteiger partial charge in [-0.15, -0.1) is 0 Å². The lowest BCUT2D eigenvalue weighted by molar-refractivity contribution is 0.327. The molecular weight excluding hydrogens is 174 g/mol. The van der Waals surface area contributed by atoms with Crippen LogP contribution in [-0.2, 0) is 0 Å². The molecule has 0 unspecified atom stereocenters. The maximum absolute atomic E-state index is 5.50. The first-order valence-corrected chi connectivity index (χ1v) is 5.08. The molecule has 0 fully saturated rings. The van der Waals surface area contributed by atoms with E-state index in [1.807, 2.05) is 6.07 Å². The lowest BCUT2D eigenvalue weighted by Gasteiger charge is -2.11. The summed E-state index contributed by atoms with van der Waals surface area (Å²) in [5, 5.41) is 0.